The van der Waals surface area contributed by atoms with E-state index < -0.39 is 5.41 Å². The maximum absolute atomic E-state index is 5.70. The summed E-state index contributed by atoms with van der Waals surface area (Å²) in [5.74, 6) is 0.600. The molecule has 0 fully saturated rings. The average Bonchev–Trinajstić information content (AvgIpc) is 2.80. The highest BCUT2D eigenvalue weighted by Gasteiger charge is 2.51. The lowest BCUT2D eigenvalue weighted by atomic mass is 9.70. The minimum absolute atomic E-state index is 0.528. The van der Waals surface area contributed by atoms with E-state index in [-0.39, 0.29) is 0 Å². The average molecular weight is 1000 g/mol. The Hall–Kier alpha value is -10.4. The second-order valence-electron chi connectivity index (χ2n) is 21.2. The van der Waals surface area contributed by atoms with E-state index in [1.165, 1.54) is 89.0 Å². The molecule has 17 rings (SSSR count). The molecular formula is C75H44N4. The first-order chi connectivity index (χ1) is 39.2. The van der Waals surface area contributed by atoms with Crippen LogP contribution in [-0.2, 0) is 5.41 Å². The topological polar surface area (TPSA) is 51.6 Å². The van der Waals surface area contributed by atoms with Gasteiger partial charge in [-0.3, -0.25) is 9.97 Å². The summed E-state index contributed by atoms with van der Waals surface area (Å²) >= 11 is 0. The predicted octanol–water partition coefficient (Wildman–Crippen LogP) is 18.7. The summed E-state index contributed by atoms with van der Waals surface area (Å²) in [6.07, 6.45) is 3.89. The minimum atomic E-state index is -0.528. The summed E-state index contributed by atoms with van der Waals surface area (Å²) in [7, 11) is 0. The Morgan fingerprint density at radius 1 is 0.253 bits per heavy atom. The van der Waals surface area contributed by atoms with Crippen LogP contribution < -0.4 is 0 Å². The largest absolute Gasteiger partial charge is 0.256 e. The molecule has 364 valence electrons. The maximum atomic E-state index is 5.70. The van der Waals surface area contributed by atoms with Gasteiger partial charge in [-0.25, -0.2) is 9.97 Å². The van der Waals surface area contributed by atoms with Gasteiger partial charge in [0.1, 0.15) is 0 Å². The van der Waals surface area contributed by atoms with Crippen LogP contribution in [0.5, 0.6) is 0 Å². The van der Waals surface area contributed by atoms with Crippen LogP contribution in [0.25, 0.3) is 144 Å². The lowest BCUT2D eigenvalue weighted by Gasteiger charge is -2.30. The molecule has 1 spiro atoms. The van der Waals surface area contributed by atoms with E-state index in [4.69, 9.17) is 19.9 Å². The number of benzene rings is 11. The van der Waals surface area contributed by atoms with E-state index in [0.29, 0.717) is 5.82 Å². The smallest absolute Gasteiger partial charge is 0.162 e. The van der Waals surface area contributed by atoms with Crippen molar-refractivity contribution in [3.8, 4) is 112 Å². The van der Waals surface area contributed by atoms with Gasteiger partial charge in [-0.1, -0.05) is 206 Å². The maximum Gasteiger partial charge on any atom is 0.162 e. The van der Waals surface area contributed by atoms with Crippen molar-refractivity contribution in [3.05, 3.63) is 289 Å². The van der Waals surface area contributed by atoms with Crippen LogP contribution in [0, 0.1) is 0 Å². The van der Waals surface area contributed by atoms with Crippen LogP contribution >= 0.6 is 0 Å². The molecule has 0 N–H and O–H groups in total. The molecule has 3 aromatic heterocycles. The quantitative estimate of drug-likeness (QED) is 0.176. The first kappa shape index (κ1) is 43.8. The highest BCUT2D eigenvalue weighted by Crippen LogP contribution is 2.63. The summed E-state index contributed by atoms with van der Waals surface area (Å²) in [5, 5.41) is 3.00. The summed E-state index contributed by atoms with van der Waals surface area (Å²) in [4.78, 5) is 21.3. The molecule has 3 aliphatic rings. The lowest BCUT2D eigenvalue weighted by molar-refractivity contribution is 0.794. The Labute approximate surface area is 456 Å². The van der Waals surface area contributed by atoms with E-state index in [9.17, 15) is 0 Å². The number of fused-ring (bicyclic) bond motifs is 21. The van der Waals surface area contributed by atoms with E-state index in [1.54, 1.807) is 0 Å². The van der Waals surface area contributed by atoms with Gasteiger partial charge in [0.2, 0.25) is 0 Å². The van der Waals surface area contributed by atoms with Crippen molar-refractivity contribution in [3.63, 3.8) is 0 Å². The number of pyridine rings is 2. The van der Waals surface area contributed by atoms with Crippen molar-refractivity contribution in [2.45, 2.75) is 5.41 Å². The molecule has 0 saturated carbocycles. The molecular weight excluding hydrogens is 957 g/mol. The molecule has 0 bridgehead atoms. The molecule has 0 unspecified atom stereocenters. The predicted molar refractivity (Wildman–Crippen MR) is 323 cm³/mol. The van der Waals surface area contributed by atoms with Crippen LogP contribution in [0.2, 0.25) is 0 Å². The molecule has 79 heavy (non-hydrogen) atoms. The zero-order chi connectivity index (χ0) is 51.8. The summed E-state index contributed by atoms with van der Waals surface area (Å²) < 4.78 is 0. The molecule has 11 aromatic carbocycles. The zero-order valence-corrected chi connectivity index (χ0v) is 42.7. The Bertz CT molecular complexity index is 4860. The third kappa shape index (κ3) is 6.37. The van der Waals surface area contributed by atoms with E-state index in [2.05, 4.69) is 237 Å². The van der Waals surface area contributed by atoms with Crippen molar-refractivity contribution >= 4 is 32.7 Å². The molecule has 0 radical (unpaired) electrons. The van der Waals surface area contributed by atoms with E-state index in [1.807, 2.05) is 30.6 Å². The van der Waals surface area contributed by atoms with Crippen molar-refractivity contribution < 1.29 is 0 Å². The Morgan fingerprint density at radius 2 is 0.671 bits per heavy atom. The van der Waals surface area contributed by atoms with Crippen molar-refractivity contribution in [1.29, 1.82) is 0 Å². The third-order valence-electron chi connectivity index (χ3n) is 17.1. The number of hydrogen-bond donors (Lipinski definition) is 0. The lowest BCUT2D eigenvalue weighted by Crippen LogP contribution is -2.25. The molecule has 4 nitrogen and oxygen atoms in total. The molecule has 0 amide bonds. The standard InChI is InChI=1S/C75H44N4/c1-15-31-70-47(17-1)37-50(43-76-70)72-65-41-49(45-33-35-58-56-23-6-5-21-54(56)52-19-3-4-20-53(52)55-22-7-8-24-57(55)64(58)39-45)40-63(73(65)79-74(78-72)51-38-48-18-2-16-32-71(48)77-44-51)46-34-36-62-61-27-11-14-30-68(61)75(69(62)42-46)66-28-12-9-25-59(66)60-26-10-13-29-67(60)75/h1-44H. The number of nitrogens with zero attached hydrogens (tertiary/aromatic N) is 4. The fourth-order valence-electron chi connectivity index (χ4n) is 13.7. The van der Waals surface area contributed by atoms with Gasteiger partial charge < -0.3 is 0 Å². The molecule has 3 heterocycles. The SMILES string of the molecule is c1ccc2c(c1)-c1ccccc1-c1ccc(-c3cc(-c4ccc5c(c4)C4(c6ccccc6-c6ccccc64)c4ccccc4-5)c4nc(-c5cnc6ccccc6c5)nc(-c5cnc6ccccc6c5)c4c3)cc1-c1ccccc1-2. The second kappa shape index (κ2) is 16.8. The minimum Gasteiger partial charge on any atom is -0.256 e. The fraction of sp³-hybridized carbons (Fsp3) is 0.0133. The van der Waals surface area contributed by atoms with Crippen LogP contribution in [0.3, 0.4) is 0 Å². The van der Waals surface area contributed by atoms with Crippen molar-refractivity contribution in [2.75, 3.05) is 0 Å². The number of hydrogen-bond acceptors (Lipinski definition) is 4. The van der Waals surface area contributed by atoms with Gasteiger partial charge in [0.05, 0.1) is 27.7 Å². The Morgan fingerprint density at radius 3 is 1.24 bits per heavy atom. The van der Waals surface area contributed by atoms with Crippen LogP contribution in [0.15, 0.2) is 267 Å². The number of rotatable bonds is 4. The van der Waals surface area contributed by atoms with Crippen LogP contribution in [0.1, 0.15) is 22.3 Å². The molecule has 14 aromatic rings. The van der Waals surface area contributed by atoms with Crippen molar-refractivity contribution in [2.24, 2.45) is 0 Å². The van der Waals surface area contributed by atoms with Gasteiger partial charge in [0.15, 0.2) is 5.82 Å². The molecule has 0 atom stereocenters. The highest BCUT2D eigenvalue weighted by molar-refractivity contribution is 6.08. The van der Waals surface area contributed by atoms with Gasteiger partial charge in [0.25, 0.3) is 0 Å². The van der Waals surface area contributed by atoms with Gasteiger partial charge in [0, 0.05) is 45.2 Å². The first-order valence-electron chi connectivity index (χ1n) is 27.1. The molecule has 3 aliphatic carbocycles. The summed E-state index contributed by atoms with van der Waals surface area (Å²) in [6.45, 7) is 0. The molecule has 4 heteroatoms. The van der Waals surface area contributed by atoms with Crippen LogP contribution in [0.4, 0.5) is 0 Å². The number of aromatic nitrogens is 4. The first-order valence-corrected chi connectivity index (χ1v) is 27.1. The van der Waals surface area contributed by atoms with Gasteiger partial charge in [-0.2, -0.15) is 0 Å². The Balaban J connectivity index is 0.972. The van der Waals surface area contributed by atoms with E-state index in [0.717, 1.165) is 71.8 Å². The van der Waals surface area contributed by atoms with Gasteiger partial charge >= 0.3 is 0 Å². The Kier molecular flexibility index (Phi) is 9.30. The molecule has 0 saturated heterocycles. The third-order valence-corrected chi connectivity index (χ3v) is 17.1. The second-order valence-corrected chi connectivity index (χ2v) is 21.2. The number of para-hydroxylation sites is 2. The fourth-order valence-corrected chi connectivity index (χ4v) is 13.7. The molecule has 0 aliphatic heterocycles. The van der Waals surface area contributed by atoms with Crippen LogP contribution in [-0.4, -0.2) is 19.9 Å². The van der Waals surface area contributed by atoms with Crippen molar-refractivity contribution in [1.82, 2.24) is 19.9 Å². The highest BCUT2D eigenvalue weighted by atomic mass is 14.9. The summed E-state index contributed by atoms with van der Waals surface area (Å²) in [5.41, 5.74) is 28.9. The zero-order valence-electron chi connectivity index (χ0n) is 42.7. The van der Waals surface area contributed by atoms with Gasteiger partial charge in [-0.15, -0.1) is 0 Å². The monoisotopic (exact) mass is 1000 g/mol. The van der Waals surface area contributed by atoms with E-state index >= 15 is 0 Å². The summed E-state index contributed by atoms with van der Waals surface area (Å²) in [6, 6.07) is 93.5. The normalized spacial score (nSPS) is 12.9. The van der Waals surface area contributed by atoms with Gasteiger partial charge in [-0.05, 0) is 154 Å².